The van der Waals surface area contributed by atoms with Crippen molar-refractivity contribution in [2.24, 2.45) is 0 Å². The van der Waals surface area contributed by atoms with E-state index in [9.17, 15) is 4.79 Å². The lowest BCUT2D eigenvalue weighted by atomic mass is 10.1. The van der Waals surface area contributed by atoms with Crippen LogP contribution in [0.1, 0.15) is 29.7 Å². The van der Waals surface area contributed by atoms with Gasteiger partial charge in [-0.1, -0.05) is 6.42 Å². The number of amides is 1. The Morgan fingerprint density at radius 2 is 2.11 bits per heavy atom. The third-order valence-electron chi connectivity index (χ3n) is 3.90. The minimum Gasteiger partial charge on any atom is -0.310 e. The van der Waals surface area contributed by atoms with E-state index in [4.69, 9.17) is 12.2 Å². The maximum absolute atomic E-state index is 11.7. The van der Waals surface area contributed by atoms with Crippen LogP contribution >= 0.6 is 23.6 Å². The molecule has 2 aromatic heterocycles. The third kappa shape index (κ3) is 1.66. The van der Waals surface area contributed by atoms with Gasteiger partial charge in [0.05, 0.1) is 5.39 Å². The highest BCUT2D eigenvalue weighted by molar-refractivity contribution is 7.71. The van der Waals surface area contributed by atoms with Gasteiger partial charge in [-0.2, -0.15) is 0 Å². The summed E-state index contributed by atoms with van der Waals surface area (Å²) >= 11 is 7.04. The molecule has 98 valence electrons. The van der Waals surface area contributed by atoms with Gasteiger partial charge in [-0.05, 0) is 43.5 Å². The quantitative estimate of drug-likeness (QED) is 0.599. The van der Waals surface area contributed by atoms with Gasteiger partial charge in [0.25, 0.3) is 0 Å². The van der Waals surface area contributed by atoms with Gasteiger partial charge in [0.15, 0.2) is 0 Å². The summed E-state index contributed by atoms with van der Waals surface area (Å²) in [6, 6.07) is 0. The van der Waals surface area contributed by atoms with Gasteiger partial charge in [0, 0.05) is 4.88 Å². The molecule has 0 saturated heterocycles. The summed E-state index contributed by atoms with van der Waals surface area (Å²) in [5, 5.41) is 4.10. The molecule has 2 aromatic rings. The molecule has 19 heavy (non-hydrogen) atoms. The molecule has 0 spiro atoms. The van der Waals surface area contributed by atoms with Gasteiger partial charge in [-0.3, -0.25) is 9.36 Å². The highest BCUT2D eigenvalue weighted by atomic mass is 32.1. The molecular formula is C13H13N3OS2. The lowest BCUT2D eigenvalue weighted by Gasteiger charge is -2.05. The molecule has 0 radical (unpaired) electrons. The zero-order valence-corrected chi connectivity index (χ0v) is 12.0. The molecule has 0 unspecified atom stereocenters. The smallest absolute Gasteiger partial charge is 0.245 e. The Bertz CT molecular complexity index is 759. The van der Waals surface area contributed by atoms with Gasteiger partial charge in [-0.15, -0.1) is 11.3 Å². The number of hydrogen-bond acceptors (Lipinski definition) is 4. The lowest BCUT2D eigenvalue weighted by molar-refractivity contribution is -0.115. The second kappa shape index (κ2) is 4.11. The van der Waals surface area contributed by atoms with E-state index in [-0.39, 0.29) is 5.91 Å². The van der Waals surface area contributed by atoms with E-state index in [1.807, 2.05) is 4.57 Å². The van der Waals surface area contributed by atoms with E-state index in [1.54, 1.807) is 11.3 Å². The fourth-order valence-corrected chi connectivity index (χ4v) is 4.59. The molecule has 0 saturated carbocycles. The number of aromatic nitrogens is 2. The second-order valence-electron chi connectivity index (χ2n) is 5.12. The molecule has 4 nitrogen and oxygen atoms in total. The van der Waals surface area contributed by atoms with E-state index < -0.39 is 0 Å². The largest absolute Gasteiger partial charge is 0.310 e. The maximum atomic E-state index is 11.7. The van der Waals surface area contributed by atoms with E-state index in [1.165, 1.54) is 29.7 Å². The van der Waals surface area contributed by atoms with Crippen LogP contribution < -0.4 is 5.32 Å². The zero-order valence-electron chi connectivity index (χ0n) is 10.4. The molecule has 1 amide bonds. The Labute approximate surface area is 119 Å². The number of rotatable bonds is 0. The average molecular weight is 291 g/mol. The van der Waals surface area contributed by atoms with E-state index in [0.717, 1.165) is 28.9 Å². The van der Waals surface area contributed by atoms with Crippen molar-refractivity contribution in [2.45, 2.75) is 38.6 Å². The molecule has 1 aliphatic heterocycles. The predicted octanol–water partition coefficient (Wildman–Crippen LogP) is 3.05. The van der Waals surface area contributed by atoms with Gasteiger partial charge in [0.2, 0.25) is 10.7 Å². The minimum atomic E-state index is 0.00831. The van der Waals surface area contributed by atoms with Crippen LogP contribution in [0.25, 0.3) is 10.2 Å². The Balaban J connectivity index is 2.07. The van der Waals surface area contributed by atoms with Crippen molar-refractivity contribution >= 4 is 45.5 Å². The van der Waals surface area contributed by atoms with E-state index >= 15 is 0 Å². The first-order chi connectivity index (χ1) is 9.24. The van der Waals surface area contributed by atoms with E-state index in [0.29, 0.717) is 11.3 Å². The number of anilines is 1. The predicted molar refractivity (Wildman–Crippen MR) is 78.3 cm³/mol. The number of nitrogens with zero attached hydrogens (tertiary/aromatic N) is 2. The second-order valence-corrected chi connectivity index (χ2v) is 6.57. The van der Waals surface area contributed by atoms with Crippen LogP contribution in [0.5, 0.6) is 0 Å². The fraction of sp³-hybridized carbons (Fsp3) is 0.462. The van der Waals surface area contributed by atoms with Crippen molar-refractivity contribution in [1.29, 1.82) is 0 Å². The molecule has 0 fully saturated rings. The summed E-state index contributed by atoms with van der Waals surface area (Å²) in [5.74, 6) is 0.883. The zero-order chi connectivity index (χ0) is 13.0. The van der Waals surface area contributed by atoms with Crippen molar-refractivity contribution in [2.75, 3.05) is 5.32 Å². The molecule has 4 rings (SSSR count). The van der Waals surface area contributed by atoms with Gasteiger partial charge >= 0.3 is 0 Å². The molecule has 0 bridgehead atoms. The number of hydrogen-bond donors (Lipinski definition) is 1. The van der Waals surface area contributed by atoms with Crippen molar-refractivity contribution < 1.29 is 4.79 Å². The molecule has 3 heterocycles. The molecule has 1 aliphatic carbocycles. The van der Waals surface area contributed by atoms with Crippen LogP contribution in [0.2, 0.25) is 0 Å². The first kappa shape index (κ1) is 11.5. The molecular weight excluding hydrogens is 278 g/mol. The molecule has 0 atom stereocenters. The maximum Gasteiger partial charge on any atom is 0.245 e. The normalized spacial score (nSPS) is 18.0. The Morgan fingerprint density at radius 1 is 1.26 bits per heavy atom. The highest BCUT2D eigenvalue weighted by Crippen LogP contribution is 2.39. The number of fused-ring (bicyclic) bond motifs is 5. The molecule has 6 heteroatoms. The monoisotopic (exact) mass is 291 g/mol. The lowest BCUT2D eigenvalue weighted by Crippen LogP contribution is -2.05. The number of carbonyl (C=O) groups excluding carboxylic acids is 1. The van der Waals surface area contributed by atoms with Crippen LogP contribution in [-0.2, 0) is 24.2 Å². The summed E-state index contributed by atoms with van der Waals surface area (Å²) in [5.41, 5.74) is 1.39. The van der Waals surface area contributed by atoms with Crippen LogP contribution in [0.4, 0.5) is 5.82 Å². The molecule has 2 aliphatic rings. The Kier molecular flexibility index (Phi) is 2.50. The van der Waals surface area contributed by atoms with Gasteiger partial charge in [-0.25, -0.2) is 4.98 Å². The van der Waals surface area contributed by atoms with Crippen molar-refractivity contribution in [1.82, 2.24) is 9.55 Å². The summed E-state index contributed by atoms with van der Waals surface area (Å²) in [6.45, 7) is 0.307. The third-order valence-corrected chi connectivity index (χ3v) is 5.39. The van der Waals surface area contributed by atoms with Crippen LogP contribution in [-0.4, -0.2) is 15.5 Å². The molecule has 0 aromatic carbocycles. The summed E-state index contributed by atoms with van der Waals surface area (Å²) in [6.07, 6.45) is 5.99. The average Bonchev–Trinajstić information content (AvgIpc) is 2.83. The van der Waals surface area contributed by atoms with Gasteiger partial charge < -0.3 is 5.32 Å². The topological polar surface area (TPSA) is 46.9 Å². The SMILES string of the molecule is O=C1Cn2c(c3c4c(sc3nc2=S)CCCCC4)N1. The van der Waals surface area contributed by atoms with Crippen molar-refractivity contribution in [3.8, 4) is 0 Å². The fourth-order valence-electron chi connectivity index (χ4n) is 3.02. The van der Waals surface area contributed by atoms with Crippen LogP contribution in [0, 0.1) is 4.77 Å². The Hall–Kier alpha value is -1.27. The summed E-state index contributed by atoms with van der Waals surface area (Å²) in [4.78, 5) is 18.6. The first-order valence-electron chi connectivity index (χ1n) is 6.59. The summed E-state index contributed by atoms with van der Waals surface area (Å²) in [7, 11) is 0. The standard InChI is InChI=1S/C13H13N3OS2/c17-9-6-16-11(14-9)10-7-4-2-1-3-5-8(7)19-12(10)15-13(16)18/h1-6H2,(H,14,17). The minimum absolute atomic E-state index is 0.00831. The van der Waals surface area contributed by atoms with Crippen LogP contribution in [0.3, 0.4) is 0 Å². The number of thiophene rings is 1. The van der Waals surface area contributed by atoms with Crippen molar-refractivity contribution in [3.63, 3.8) is 0 Å². The van der Waals surface area contributed by atoms with E-state index in [2.05, 4.69) is 10.3 Å². The van der Waals surface area contributed by atoms with Gasteiger partial charge in [0.1, 0.15) is 17.2 Å². The van der Waals surface area contributed by atoms with Crippen molar-refractivity contribution in [3.05, 3.63) is 15.2 Å². The molecule has 1 N–H and O–H groups in total. The van der Waals surface area contributed by atoms with Crippen LogP contribution in [0.15, 0.2) is 0 Å². The summed E-state index contributed by atoms with van der Waals surface area (Å²) < 4.78 is 2.34. The first-order valence-corrected chi connectivity index (χ1v) is 7.81. The number of aryl methyl sites for hydroxylation is 2. The number of nitrogens with one attached hydrogen (secondary N) is 1. The number of carbonyl (C=O) groups is 1. The Morgan fingerprint density at radius 3 is 3.00 bits per heavy atom. The highest BCUT2D eigenvalue weighted by Gasteiger charge is 2.26.